The van der Waals surface area contributed by atoms with Crippen molar-refractivity contribution in [3.63, 3.8) is 0 Å². The minimum absolute atomic E-state index is 0.0244. The third-order valence-electron chi connectivity index (χ3n) is 8.96. The van der Waals surface area contributed by atoms with Crippen molar-refractivity contribution in [2.24, 2.45) is 17.8 Å². The molecule has 0 unspecified atom stereocenters. The first-order valence-corrected chi connectivity index (χ1v) is 13.3. The van der Waals surface area contributed by atoms with Gasteiger partial charge in [0.2, 0.25) is 0 Å². The number of phenolic OH excluding ortho intramolecular Hbond substituents is 1. The highest BCUT2D eigenvalue weighted by atomic mass is 19.1. The number of ether oxygens (including phenoxy) is 3. The first kappa shape index (κ1) is 24.7. The summed E-state index contributed by atoms with van der Waals surface area (Å²) in [5.74, 6) is 1.96. The summed E-state index contributed by atoms with van der Waals surface area (Å²) in [6, 6.07) is 11.7. The summed E-state index contributed by atoms with van der Waals surface area (Å²) in [7, 11) is 3.40. The molecule has 1 saturated carbocycles. The molecule has 2 fully saturated rings. The van der Waals surface area contributed by atoms with E-state index >= 15 is 4.39 Å². The maximum atomic E-state index is 15.9. The SMILES string of the molecule is COC(OC)C1CCC(c2ccc([C@H]3c4ccc(O)cc4CC[C@H]3C3CCOCC3)c(F)c2)CC1. The number of fused-ring (bicyclic) bond motifs is 1. The predicted octanol–water partition coefficient (Wildman–Crippen LogP) is 6.54. The zero-order valence-corrected chi connectivity index (χ0v) is 21.0. The van der Waals surface area contributed by atoms with E-state index in [1.807, 2.05) is 12.1 Å². The lowest BCUT2D eigenvalue weighted by molar-refractivity contribution is -0.144. The van der Waals surface area contributed by atoms with E-state index in [0.717, 1.165) is 81.3 Å². The Balaban J connectivity index is 1.40. The molecular weight excluding hydrogens is 443 g/mol. The molecule has 1 saturated heterocycles. The monoisotopic (exact) mass is 482 g/mol. The Labute approximate surface area is 208 Å². The molecule has 0 spiro atoms. The van der Waals surface area contributed by atoms with Gasteiger partial charge in [0.15, 0.2) is 6.29 Å². The molecule has 2 aromatic carbocycles. The summed E-state index contributed by atoms with van der Waals surface area (Å²) < 4.78 is 32.5. The number of phenols is 1. The predicted molar refractivity (Wildman–Crippen MR) is 134 cm³/mol. The molecule has 4 nitrogen and oxygen atoms in total. The Hall–Kier alpha value is -1.95. The normalized spacial score (nSPS) is 27.7. The molecular formula is C30H39FO4. The quantitative estimate of drug-likeness (QED) is 0.475. The zero-order chi connectivity index (χ0) is 24.4. The number of aryl methyl sites for hydroxylation is 1. The molecule has 0 amide bonds. The third-order valence-corrected chi connectivity index (χ3v) is 8.96. The van der Waals surface area contributed by atoms with E-state index in [1.165, 1.54) is 5.56 Å². The van der Waals surface area contributed by atoms with Crippen molar-refractivity contribution >= 4 is 0 Å². The first-order valence-electron chi connectivity index (χ1n) is 13.3. The van der Waals surface area contributed by atoms with E-state index in [1.54, 1.807) is 26.4 Å². The van der Waals surface area contributed by atoms with Crippen LogP contribution in [0.25, 0.3) is 0 Å². The Morgan fingerprint density at radius 2 is 1.60 bits per heavy atom. The maximum Gasteiger partial charge on any atom is 0.159 e. The fourth-order valence-corrected chi connectivity index (χ4v) is 7.14. The number of halogens is 1. The summed E-state index contributed by atoms with van der Waals surface area (Å²) >= 11 is 0. The fourth-order valence-electron chi connectivity index (χ4n) is 7.14. The van der Waals surface area contributed by atoms with Crippen LogP contribution in [0.15, 0.2) is 36.4 Å². The average molecular weight is 483 g/mol. The summed E-state index contributed by atoms with van der Waals surface area (Å²) in [6.07, 6.45) is 8.03. The summed E-state index contributed by atoms with van der Waals surface area (Å²) in [4.78, 5) is 0. The maximum absolute atomic E-state index is 15.9. The minimum atomic E-state index is -0.150. The highest BCUT2D eigenvalue weighted by Crippen LogP contribution is 2.48. The van der Waals surface area contributed by atoms with E-state index < -0.39 is 0 Å². The van der Waals surface area contributed by atoms with Gasteiger partial charge in [0.05, 0.1) is 0 Å². The summed E-state index contributed by atoms with van der Waals surface area (Å²) in [5.41, 5.74) is 4.26. The molecule has 0 aromatic heterocycles. The van der Waals surface area contributed by atoms with Gasteiger partial charge >= 0.3 is 0 Å². The van der Waals surface area contributed by atoms with Gasteiger partial charge in [-0.3, -0.25) is 0 Å². The number of methoxy groups -OCH3 is 2. The molecule has 5 rings (SSSR count). The number of benzene rings is 2. The second-order valence-electron chi connectivity index (χ2n) is 10.7. The first-order chi connectivity index (χ1) is 17.1. The van der Waals surface area contributed by atoms with Crippen molar-refractivity contribution in [1.82, 2.24) is 0 Å². The van der Waals surface area contributed by atoms with Gasteiger partial charge in [-0.2, -0.15) is 0 Å². The molecule has 5 heteroatoms. The topological polar surface area (TPSA) is 47.9 Å². The molecule has 3 aliphatic rings. The summed E-state index contributed by atoms with van der Waals surface area (Å²) in [6.45, 7) is 1.60. The van der Waals surface area contributed by atoms with Gasteiger partial charge in [-0.15, -0.1) is 0 Å². The highest BCUT2D eigenvalue weighted by molar-refractivity contribution is 5.45. The molecule has 2 aliphatic carbocycles. The number of aromatic hydroxyl groups is 1. The van der Waals surface area contributed by atoms with Crippen molar-refractivity contribution in [2.45, 2.75) is 69.5 Å². The Kier molecular flexibility index (Phi) is 7.76. The molecule has 1 aliphatic heterocycles. The van der Waals surface area contributed by atoms with Gasteiger partial charge < -0.3 is 19.3 Å². The minimum Gasteiger partial charge on any atom is -0.508 e. The molecule has 190 valence electrons. The van der Waals surface area contributed by atoms with Crippen LogP contribution in [-0.2, 0) is 20.6 Å². The van der Waals surface area contributed by atoms with Crippen LogP contribution in [0.3, 0.4) is 0 Å². The smallest absolute Gasteiger partial charge is 0.159 e. The van der Waals surface area contributed by atoms with Crippen molar-refractivity contribution in [1.29, 1.82) is 0 Å². The summed E-state index contributed by atoms with van der Waals surface area (Å²) in [5, 5.41) is 10.1. The van der Waals surface area contributed by atoms with E-state index in [2.05, 4.69) is 12.1 Å². The highest BCUT2D eigenvalue weighted by Gasteiger charge is 2.38. The van der Waals surface area contributed by atoms with Crippen LogP contribution in [0.1, 0.15) is 79.0 Å². The lowest BCUT2D eigenvalue weighted by Crippen LogP contribution is -2.32. The van der Waals surface area contributed by atoms with Crippen LogP contribution in [0.5, 0.6) is 5.75 Å². The molecule has 0 radical (unpaired) electrons. The lowest BCUT2D eigenvalue weighted by atomic mass is 9.65. The molecule has 1 heterocycles. The lowest BCUT2D eigenvalue weighted by Gasteiger charge is -2.40. The van der Waals surface area contributed by atoms with Gasteiger partial charge in [-0.1, -0.05) is 18.2 Å². The standard InChI is InChI=1S/C30H39FO4/c1-33-30(34-2)21-5-3-19(4-6-21)22-7-11-27(28(31)18-22)29-25(20-13-15-35-16-14-20)10-8-23-17-24(32)9-12-26(23)29/h7,9,11-12,17-21,25,29-30,32H,3-6,8,10,13-16H2,1-2H3/t19?,21?,25-,29+/m0/s1. The van der Waals surface area contributed by atoms with E-state index in [-0.39, 0.29) is 18.0 Å². The van der Waals surface area contributed by atoms with E-state index in [0.29, 0.717) is 29.4 Å². The van der Waals surface area contributed by atoms with Crippen LogP contribution < -0.4 is 0 Å². The molecule has 2 atom stereocenters. The zero-order valence-electron chi connectivity index (χ0n) is 21.0. The van der Waals surface area contributed by atoms with Crippen LogP contribution >= 0.6 is 0 Å². The van der Waals surface area contributed by atoms with Gasteiger partial charge in [-0.25, -0.2) is 4.39 Å². The largest absolute Gasteiger partial charge is 0.508 e. The molecule has 0 bridgehead atoms. The molecule has 2 aromatic rings. The number of hydrogen-bond acceptors (Lipinski definition) is 4. The van der Waals surface area contributed by atoms with Crippen molar-refractivity contribution < 1.29 is 23.7 Å². The Morgan fingerprint density at radius 1 is 0.886 bits per heavy atom. The van der Waals surface area contributed by atoms with Crippen LogP contribution in [0, 0.1) is 23.6 Å². The fraction of sp³-hybridized carbons (Fsp3) is 0.600. The van der Waals surface area contributed by atoms with Gasteiger partial charge in [-0.05, 0) is 110 Å². The third kappa shape index (κ3) is 5.14. The average Bonchev–Trinajstić information content (AvgIpc) is 2.89. The second kappa shape index (κ2) is 11.0. The number of hydrogen-bond donors (Lipinski definition) is 1. The molecule has 1 N–H and O–H groups in total. The Bertz CT molecular complexity index is 990. The Morgan fingerprint density at radius 3 is 2.29 bits per heavy atom. The van der Waals surface area contributed by atoms with Crippen LogP contribution in [0.2, 0.25) is 0 Å². The van der Waals surface area contributed by atoms with Gasteiger partial charge in [0.1, 0.15) is 11.6 Å². The van der Waals surface area contributed by atoms with Crippen LogP contribution in [-0.4, -0.2) is 38.8 Å². The van der Waals surface area contributed by atoms with Crippen molar-refractivity contribution in [3.8, 4) is 5.75 Å². The number of rotatable bonds is 6. The van der Waals surface area contributed by atoms with E-state index in [9.17, 15) is 5.11 Å². The van der Waals surface area contributed by atoms with Crippen LogP contribution in [0.4, 0.5) is 4.39 Å². The van der Waals surface area contributed by atoms with E-state index in [4.69, 9.17) is 14.2 Å². The molecule has 35 heavy (non-hydrogen) atoms. The van der Waals surface area contributed by atoms with Crippen molar-refractivity contribution in [3.05, 3.63) is 64.5 Å². The second-order valence-corrected chi connectivity index (χ2v) is 10.7. The van der Waals surface area contributed by atoms with Gasteiger partial charge in [0, 0.05) is 39.3 Å². The van der Waals surface area contributed by atoms with Gasteiger partial charge in [0.25, 0.3) is 0 Å². The van der Waals surface area contributed by atoms with Crippen molar-refractivity contribution in [2.75, 3.05) is 27.4 Å².